The van der Waals surface area contributed by atoms with Crippen LogP contribution in [0.5, 0.6) is 5.75 Å². The molecule has 0 saturated heterocycles. The quantitative estimate of drug-likeness (QED) is 0.671. The molecule has 0 aliphatic heterocycles. The zero-order valence-electron chi connectivity index (χ0n) is 13.0. The van der Waals surface area contributed by atoms with Crippen LogP contribution in [0, 0.1) is 20.8 Å². The minimum atomic E-state index is 0.917. The fourth-order valence-electron chi connectivity index (χ4n) is 1.48. The molecule has 2 rings (SSSR count). The summed E-state index contributed by atoms with van der Waals surface area (Å²) < 4.78 is 4.97. The van der Waals surface area contributed by atoms with E-state index in [4.69, 9.17) is 4.74 Å². The molecule has 19 heavy (non-hydrogen) atoms. The third-order valence-electron chi connectivity index (χ3n) is 2.43. The molecule has 104 valence electrons. The van der Waals surface area contributed by atoms with E-state index in [1.165, 1.54) is 16.7 Å². The van der Waals surface area contributed by atoms with Crippen LogP contribution in [0.4, 0.5) is 0 Å². The molecule has 0 aromatic heterocycles. The first-order chi connectivity index (χ1) is 9.11. The highest BCUT2D eigenvalue weighted by molar-refractivity contribution is 5.25. The van der Waals surface area contributed by atoms with Crippen LogP contribution < -0.4 is 4.74 Å². The minimum Gasteiger partial charge on any atom is -0.497 e. The molecule has 0 N–H and O–H groups in total. The van der Waals surface area contributed by atoms with Crippen molar-refractivity contribution in [3.05, 3.63) is 65.2 Å². The van der Waals surface area contributed by atoms with E-state index < -0.39 is 0 Å². The molecule has 1 heteroatoms. The molecule has 2 aromatic carbocycles. The van der Waals surface area contributed by atoms with E-state index >= 15 is 0 Å². The number of methoxy groups -OCH3 is 1. The van der Waals surface area contributed by atoms with Crippen molar-refractivity contribution in [3.63, 3.8) is 0 Å². The van der Waals surface area contributed by atoms with Crippen molar-refractivity contribution in [2.45, 2.75) is 34.6 Å². The Bertz CT molecular complexity index is 426. The fourth-order valence-corrected chi connectivity index (χ4v) is 1.48. The van der Waals surface area contributed by atoms with Crippen LogP contribution in [-0.4, -0.2) is 7.11 Å². The van der Waals surface area contributed by atoms with E-state index in [-0.39, 0.29) is 0 Å². The monoisotopic (exact) mass is 258 g/mol. The van der Waals surface area contributed by atoms with Crippen molar-refractivity contribution in [1.82, 2.24) is 0 Å². The van der Waals surface area contributed by atoms with E-state index in [9.17, 15) is 0 Å². The lowest BCUT2D eigenvalue weighted by atomic mass is 10.2. The van der Waals surface area contributed by atoms with Gasteiger partial charge in [0.25, 0.3) is 0 Å². The van der Waals surface area contributed by atoms with Gasteiger partial charge < -0.3 is 4.74 Å². The Labute approximate surface area is 118 Å². The van der Waals surface area contributed by atoms with Gasteiger partial charge in [-0.25, -0.2) is 0 Å². The molecular formula is C18H26O. The SMILES string of the molecule is CC.COc1ccc(C)cc1.Cc1cccc(C)c1. The molecule has 0 aliphatic carbocycles. The lowest BCUT2D eigenvalue weighted by Gasteiger charge is -1.97. The first-order valence-electron chi connectivity index (χ1n) is 6.76. The van der Waals surface area contributed by atoms with Crippen LogP contribution in [0.3, 0.4) is 0 Å². The maximum Gasteiger partial charge on any atom is 0.118 e. The third kappa shape index (κ3) is 8.04. The van der Waals surface area contributed by atoms with Gasteiger partial charge >= 0.3 is 0 Å². The number of aryl methyl sites for hydroxylation is 3. The second-order valence-electron chi connectivity index (χ2n) is 4.18. The lowest BCUT2D eigenvalue weighted by molar-refractivity contribution is 0.414. The van der Waals surface area contributed by atoms with Gasteiger partial charge in [-0.15, -0.1) is 0 Å². The zero-order chi connectivity index (χ0) is 14.7. The molecule has 0 fully saturated rings. The molecule has 2 aromatic rings. The number of hydrogen-bond acceptors (Lipinski definition) is 1. The van der Waals surface area contributed by atoms with Crippen LogP contribution >= 0.6 is 0 Å². The molecule has 0 atom stereocenters. The van der Waals surface area contributed by atoms with E-state index in [2.05, 4.69) is 45.0 Å². The summed E-state index contributed by atoms with van der Waals surface area (Å²) in [7, 11) is 1.67. The van der Waals surface area contributed by atoms with Crippen molar-refractivity contribution >= 4 is 0 Å². The minimum absolute atomic E-state index is 0.917. The molecule has 1 nitrogen and oxygen atoms in total. The summed E-state index contributed by atoms with van der Waals surface area (Å²) in [4.78, 5) is 0. The molecule has 0 amide bonds. The number of benzene rings is 2. The van der Waals surface area contributed by atoms with Gasteiger partial charge in [0.05, 0.1) is 7.11 Å². The van der Waals surface area contributed by atoms with Crippen LogP contribution in [-0.2, 0) is 0 Å². The van der Waals surface area contributed by atoms with Crippen molar-refractivity contribution in [2.24, 2.45) is 0 Å². The van der Waals surface area contributed by atoms with Crippen LogP contribution in [0.25, 0.3) is 0 Å². The van der Waals surface area contributed by atoms with E-state index in [0.717, 1.165) is 5.75 Å². The first-order valence-corrected chi connectivity index (χ1v) is 6.76. The Morgan fingerprint density at radius 1 is 0.684 bits per heavy atom. The largest absolute Gasteiger partial charge is 0.497 e. The van der Waals surface area contributed by atoms with Crippen molar-refractivity contribution < 1.29 is 4.74 Å². The predicted octanol–water partition coefficient (Wildman–Crippen LogP) is 5.33. The summed E-state index contributed by atoms with van der Waals surface area (Å²) in [6.07, 6.45) is 0. The van der Waals surface area contributed by atoms with Crippen LogP contribution in [0.1, 0.15) is 30.5 Å². The predicted molar refractivity (Wildman–Crippen MR) is 85.0 cm³/mol. The summed E-state index contributed by atoms with van der Waals surface area (Å²) in [6.45, 7) is 10.3. The van der Waals surface area contributed by atoms with Gasteiger partial charge in [-0.1, -0.05) is 66.9 Å². The Balaban J connectivity index is 0.000000303. The molecular weight excluding hydrogens is 232 g/mol. The van der Waals surface area contributed by atoms with Crippen molar-refractivity contribution in [2.75, 3.05) is 7.11 Å². The zero-order valence-corrected chi connectivity index (χ0v) is 13.0. The Morgan fingerprint density at radius 3 is 1.47 bits per heavy atom. The maximum atomic E-state index is 4.97. The van der Waals surface area contributed by atoms with Crippen LogP contribution in [0.2, 0.25) is 0 Å². The molecule has 0 bridgehead atoms. The van der Waals surface area contributed by atoms with Gasteiger partial charge in [0.15, 0.2) is 0 Å². The van der Waals surface area contributed by atoms with Crippen molar-refractivity contribution in [1.29, 1.82) is 0 Å². The maximum absolute atomic E-state index is 4.97. The standard InChI is InChI=1S/C8H10O.C8H10.C2H6/c1-7-3-5-8(9-2)6-4-7;1-7-4-3-5-8(2)6-7;1-2/h3-6H,1-2H3;3-6H,1-2H3;1-2H3. The van der Waals surface area contributed by atoms with Crippen LogP contribution in [0.15, 0.2) is 48.5 Å². The van der Waals surface area contributed by atoms with Crippen molar-refractivity contribution in [3.8, 4) is 5.75 Å². The summed E-state index contributed by atoms with van der Waals surface area (Å²) in [6, 6.07) is 16.4. The Kier molecular flexibility index (Phi) is 9.25. The van der Waals surface area contributed by atoms with Gasteiger partial charge in [-0.3, -0.25) is 0 Å². The second-order valence-corrected chi connectivity index (χ2v) is 4.18. The van der Waals surface area contributed by atoms with Gasteiger partial charge in [-0.05, 0) is 32.9 Å². The molecule has 0 radical (unpaired) electrons. The third-order valence-corrected chi connectivity index (χ3v) is 2.43. The van der Waals surface area contributed by atoms with Gasteiger partial charge in [0.1, 0.15) is 5.75 Å². The smallest absolute Gasteiger partial charge is 0.118 e. The Hall–Kier alpha value is -1.76. The summed E-state index contributed by atoms with van der Waals surface area (Å²) >= 11 is 0. The first kappa shape index (κ1) is 17.2. The average molecular weight is 258 g/mol. The molecule has 0 spiro atoms. The van der Waals surface area contributed by atoms with Gasteiger partial charge in [0, 0.05) is 0 Å². The molecule has 0 aliphatic rings. The van der Waals surface area contributed by atoms with E-state index in [1.54, 1.807) is 7.11 Å². The highest BCUT2D eigenvalue weighted by Crippen LogP contribution is 2.09. The molecule has 0 saturated carbocycles. The average Bonchev–Trinajstić information content (AvgIpc) is 2.42. The fraction of sp³-hybridized carbons (Fsp3) is 0.333. The summed E-state index contributed by atoms with van der Waals surface area (Å²) in [5, 5.41) is 0. The number of ether oxygens (including phenoxy) is 1. The van der Waals surface area contributed by atoms with Gasteiger partial charge in [0.2, 0.25) is 0 Å². The highest BCUT2D eigenvalue weighted by Gasteiger charge is 1.85. The number of hydrogen-bond donors (Lipinski definition) is 0. The van der Waals surface area contributed by atoms with E-state index in [0.29, 0.717) is 0 Å². The topological polar surface area (TPSA) is 9.23 Å². The molecule has 0 unspecified atom stereocenters. The number of rotatable bonds is 1. The second kappa shape index (κ2) is 10.2. The summed E-state index contributed by atoms with van der Waals surface area (Å²) in [5.41, 5.74) is 3.94. The normalized spacial score (nSPS) is 8.53. The van der Waals surface area contributed by atoms with Gasteiger partial charge in [-0.2, -0.15) is 0 Å². The Morgan fingerprint density at radius 2 is 1.16 bits per heavy atom. The summed E-state index contributed by atoms with van der Waals surface area (Å²) in [5.74, 6) is 0.917. The lowest BCUT2D eigenvalue weighted by Crippen LogP contribution is -1.80. The van der Waals surface area contributed by atoms with E-state index in [1.807, 2.05) is 38.1 Å². The molecule has 0 heterocycles. The highest BCUT2D eigenvalue weighted by atomic mass is 16.5.